The number of halogens is 1. The van der Waals surface area contributed by atoms with Crippen molar-refractivity contribution in [1.82, 2.24) is 10.6 Å². The topological polar surface area (TPSA) is 93.5 Å². The van der Waals surface area contributed by atoms with E-state index in [0.717, 1.165) is 16.4 Å². The Morgan fingerprint density at radius 3 is 2.61 bits per heavy atom. The number of benzene rings is 1. The number of ether oxygens (including phenoxy) is 1. The number of rotatable bonds is 9. The first-order chi connectivity index (χ1) is 10.6. The molecule has 1 atom stereocenters. The van der Waals surface area contributed by atoms with Crippen LogP contribution >= 0.6 is 24.2 Å². The molecule has 130 valence electrons. The number of nitrogens with two attached hydrogens (primary N) is 1. The number of hydrogen-bond acceptors (Lipinski definition) is 5. The Morgan fingerprint density at radius 1 is 1.26 bits per heavy atom. The third kappa shape index (κ3) is 8.68. The molecule has 1 aromatic carbocycles. The first kappa shape index (κ1) is 21.6. The van der Waals surface area contributed by atoms with E-state index in [1.807, 2.05) is 24.3 Å². The summed E-state index contributed by atoms with van der Waals surface area (Å²) >= 11 is 1.69. The summed E-state index contributed by atoms with van der Waals surface area (Å²) in [5.41, 5.74) is 5.14. The molecule has 0 heterocycles. The Kier molecular flexibility index (Phi) is 11.3. The number of nitrogens with one attached hydrogen (secondary N) is 2. The van der Waals surface area contributed by atoms with Gasteiger partial charge in [-0.1, -0.05) is 19.1 Å². The van der Waals surface area contributed by atoms with Crippen molar-refractivity contribution in [2.75, 3.05) is 32.5 Å². The summed E-state index contributed by atoms with van der Waals surface area (Å²) in [5.74, 6) is 1.46. The van der Waals surface area contributed by atoms with Crippen LogP contribution in [0.3, 0.4) is 0 Å². The lowest BCUT2D eigenvalue weighted by Gasteiger charge is -2.14. The molecule has 0 saturated heterocycles. The summed E-state index contributed by atoms with van der Waals surface area (Å²) in [6.07, 6.45) is 0. The van der Waals surface area contributed by atoms with Crippen LogP contribution in [0.5, 0.6) is 5.75 Å². The van der Waals surface area contributed by atoms with Crippen LogP contribution in [-0.4, -0.2) is 44.3 Å². The molecule has 0 saturated carbocycles. The molecule has 0 spiro atoms. The highest BCUT2D eigenvalue weighted by molar-refractivity contribution is 7.99. The van der Waals surface area contributed by atoms with Crippen LogP contribution in [0.1, 0.15) is 6.92 Å². The normalized spacial score (nSPS) is 11.1. The molecule has 1 aromatic rings. The molecule has 23 heavy (non-hydrogen) atoms. The summed E-state index contributed by atoms with van der Waals surface area (Å²) in [6, 6.07) is 7.84. The molecule has 0 bridgehead atoms. The molecule has 2 amide bonds. The smallest absolute Gasteiger partial charge is 0.239 e. The van der Waals surface area contributed by atoms with Crippen LogP contribution in [0.2, 0.25) is 0 Å². The van der Waals surface area contributed by atoms with Gasteiger partial charge in [0.25, 0.3) is 0 Å². The Bertz CT molecular complexity index is 503. The summed E-state index contributed by atoms with van der Waals surface area (Å²) in [4.78, 5) is 23.6. The van der Waals surface area contributed by atoms with Gasteiger partial charge in [-0.05, 0) is 18.1 Å². The van der Waals surface area contributed by atoms with Crippen molar-refractivity contribution in [3.05, 3.63) is 24.3 Å². The van der Waals surface area contributed by atoms with Gasteiger partial charge in [0.2, 0.25) is 11.8 Å². The average molecular weight is 362 g/mol. The van der Waals surface area contributed by atoms with Crippen LogP contribution < -0.4 is 21.1 Å². The fourth-order valence-electron chi connectivity index (χ4n) is 1.63. The van der Waals surface area contributed by atoms with Gasteiger partial charge in [0, 0.05) is 17.2 Å². The predicted octanol–water partition coefficient (Wildman–Crippen LogP) is 1.04. The van der Waals surface area contributed by atoms with E-state index >= 15 is 0 Å². The highest BCUT2D eigenvalue weighted by Crippen LogP contribution is 2.29. The zero-order valence-electron chi connectivity index (χ0n) is 13.3. The Hall–Kier alpha value is -1.44. The lowest BCUT2D eigenvalue weighted by Crippen LogP contribution is -2.40. The van der Waals surface area contributed by atoms with Crippen molar-refractivity contribution in [1.29, 1.82) is 0 Å². The highest BCUT2D eigenvalue weighted by Gasteiger charge is 2.09. The molecule has 0 aliphatic rings. The maximum absolute atomic E-state index is 11.5. The van der Waals surface area contributed by atoms with Gasteiger partial charge in [-0.3, -0.25) is 9.59 Å². The van der Waals surface area contributed by atoms with Gasteiger partial charge in [0.15, 0.2) is 0 Å². The Labute approximate surface area is 147 Å². The minimum absolute atomic E-state index is 0. The quantitative estimate of drug-likeness (QED) is 0.571. The minimum Gasteiger partial charge on any atom is -0.496 e. The predicted molar refractivity (Wildman–Crippen MR) is 95.2 cm³/mol. The number of carbonyl (C=O) groups is 2. The molecular weight excluding hydrogens is 338 g/mol. The molecule has 4 N–H and O–H groups in total. The summed E-state index contributed by atoms with van der Waals surface area (Å²) in [5, 5.41) is 5.22. The van der Waals surface area contributed by atoms with Crippen molar-refractivity contribution in [3.63, 3.8) is 0 Å². The zero-order valence-corrected chi connectivity index (χ0v) is 15.0. The van der Waals surface area contributed by atoms with E-state index in [1.54, 1.807) is 18.9 Å². The van der Waals surface area contributed by atoms with Crippen LogP contribution in [0, 0.1) is 5.92 Å². The largest absolute Gasteiger partial charge is 0.496 e. The number of methoxy groups -OCH3 is 1. The summed E-state index contributed by atoms with van der Waals surface area (Å²) in [7, 11) is 1.65. The second kappa shape index (κ2) is 12.0. The van der Waals surface area contributed by atoms with E-state index in [2.05, 4.69) is 17.6 Å². The Morgan fingerprint density at radius 2 is 1.96 bits per heavy atom. The first-order valence-electron chi connectivity index (χ1n) is 7.06. The first-order valence-corrected chi connectivity index (χ1v) is 8.04. The lowest BCUT2D eigenvalue weighted by molar-refractivity contribution is -0.125. The molecule has 1 unspecified atom stereocenters. The van der Waals surface area contributed by atoms with Crippen LogP contribution in [0.4, 0.5) is 0 Å². The maximum atomic E-state index is 11.5. The average Bonchev–Trinajstić information content (AvgIpc) is 2.55. The van der Waals surface area contributed by atoms with Gasteiger partial charge in [-0.25, -0.2) is 0 Å². The molecule has 0 aliphatic carbocycles. The minimum atomic E-state index is -0.338. The van der Waals surface area contributed by atoms with Crippen LogP contribution in [-0.2, 0) is 9.59 Å². The van der Waals surface area contributed by atoms with E-state index < -0.39 is 0 Å². The maximum Gasteiger partial charge on any atom is 0.239 e. The van der Waals surface area contributed by atoms with E-state index in [4.69, 9.17) is 10.5 Å². The summed E-state index contributed by atoms with van der Waals surface area (Å²) in [6.45, 7) is 2.46. The van der Waals surface area contributed by atoms with Crippen LogP contribution in [0.25, 0.3) is 0 Å². The number of carbonyl (C=O) groups excluding carboxylic acids is 2. The standard InChI is InChI=1S/C15H23N3O3S.ClH/c1-11(8-17-15(20)9-18-14(19)7-16)10-22-13-6-4-3-5-12(13)21-2;/h3-6,11H,7-10,16H2,1-2H3,(H,17,20)(H,18,19);1H. The van der Waals surface area contributed by atoms with Gasteiger partial charge in [-0.2, -0.15) is 0 Å². The second-order valence-electron chi connectivity index (χ2n) is 4.85. The van der Waals surface area contributed by atoms with E-state index in [9.17, 15) is 9.59 Å². The highest BCUT2D eigenvalue weighted by atomic mass is 35.5. The molecule has 0 radical (unpaired) electrons. The lowest BCUT2D eigenvalue weighted by atomic mass is 10.2. The van der Waals surface area contributed by atoms with Gasteiger partial charge >= 0.3 is 0 Å². The molecule has 0 aliphatic heterocycles. The number of para-hydroxylation sites is 1. The van der Waals surface area contributed by atoms with E-state index in [1.165, 1.54) is 0 Å². The number of thioether (sulfide) groups is 1. The molecule has 0 aromatic heterocycles. The second-order valence-corrected chi connectivity index (χ2v) is 5.91. The molecule has 8 heteroatoms. The number of amides is 2. The van der Waals surface area contributed by atoms with Gasteiger partial charge < -0.3 is 21.1 Å². The van der Waals surface area contributed by atoms with Crippen molar-refractivity contribution in [2.24, 2.45) is 11.7 Å². The van der Waals surface area contributed by atoms with Gasteiger partial charge in [0.05, 0.1) is 20.2 Å². The van der Waals surface area contributed by atoms with Crippen molar-refractivity contribution < 1.29 is 14.3 Å². The number of hydrogen-bond donors (Lipinski definition) is 3. The third-order valence-corrected chi connectivity index (χ3v) is 4.26. The Balaban J connectivity index is 0.00000484. The molecule has 1 rings (SSSR count). The molecule has 0 fully saturated rings. The van der Waals surface area contributed by atoms with Gasteiger partial charge in [0.1, 0.15) is 5.75 Å². The third-order valence-electron chi connectivity index (χ3n) is 2.87. The van der Waals surface area contributed by atoms with Crippen molar-refractivity contribution in [3.8, 4) is 5.75 Å². The summed E-state index contributed by atoms with van der Waals surface area (Å²) < 4.78 is 5.30. The SMILES string of the molecule is COc1ccccc1SCC(C)CNC(=O)CNC(=O)CN.Cl. The molecular formula is C15H24ClN3O3S. The van der Waals surface area contributed by atoms with E-state index in [0.29, 0.717) is 12.5 Å². The van der Waals surface area contributed by atoms with E-state index in [-0.39, 0.29) is 37.3 Å². The van der Waals surface area contributed by atoms with Crippen molar-refractivity contribution in [2.45, 2.75) is 11.8 Å². The zero-order chi connectivity index (χ0) is 16.4. The van der Waals surface area contributed by atoms with Gasteiger partial charge in [-0.15, -0.1) is 24.2 Å². The fraction of sp³-hybridized carbons (Fsp3) is 0.467. The van der Waals surface area contributed by atoms with Crippen LogP contribution in [0.15, 0.2) is 29.2 Å². The van der Waals surface area contributed by atoms with Crippen molar-refractivity contribution >= 4 is 36.0 Å². The molecule has 6 nitrogen and oxygen atoms in total. The fourth-order valence-corrected chi connectivity index (χ4v) is 2.68. The monoisotopic (exact) mass is 361 g/mol.